The maximum Gasteiger partial charge on any atom is 0.161 e. The molecule has 1 aliphatic heterocycles. The molecule has 2 aromatic rings. The highest BCUT2D eigenvalue weighted by Crippen LogP contribution is 2.32. The summed E-state index contributed by atoms with van der Waals surface area (Å²) in [6, 6.07) is 12.6. The molecule has 1 unspecified atom stereocenters. The number of thioether (sulfide) groups is 1. The van der Waals surface area contributed by atoms with Gasteiger partial charge in [-0.3, -0.25) is 4.99 Å². The van der Waals surface area contributed by atoms with E-state index < -0.39 is 0 Å². The number of halogens is 1. The number of amidine groups is 1. The molecule has 0 spiro atoms. The molecule has 0 saturated carbocycles. The van der Waals surface area contributed by atoms with Gasteiger partial charge in [-0.2, -0.15) is 0 Å². The van der Waals surface area contributed by atoms with Crippen LogP contribution in [0.4, 0.5) is 5.69 Å². The summed E-state index contributed by atoms with van der Waals surface area (Å²) in [4.78, 5) is 4.62. The highest BCUT2D eigenvalue weighted by atomic mass is 79.9. The summed E-state index contributed by atoms with van der Waals surface area (Å²) in [5, 5.41) is 7.64. The molecule has 3 rings (SSSR count). The average molecular weight is 349 g/mol. The SMILES string of the molecule is CCCC1CN=C(Nc2ccc(Br)c3ccccc23)S1. The van der Waals surface area contributed by atoms with Gasteiger partial charge in [-0.05, 0) is 23.9 Å². The molecule has 0 radical (unpaired) electrons. The maximum absolute atomic E-state index is 4.62. The second kappa shape index (κ2) is 6.19. The van der Waals surface area contributed by atoms with Gasteiger partial charge in [0.25, 0.3) is 0 Å². The number of nitrogens with zero attached hydrogens (tertiary/aromatic N) is 1. The lowest BCUT2D eigenvalue weighted by molar-refractivity contribution is 0.754. The number of fused-ring (bicyclic) bond motifs is 1. The number of aliphatic imine (C=N–C) groups is 1. The van der Waals surface area contributed by atoms with Crippen LogP contribution in [0.1, 0.15) is 19.8 Å². The summed E-state index contributed by atoms with van der Waals surface area (Å²) in [6.07, 6.45) is 2.46. The molecule has 0 saturated heterocycles. The van der Waals surface area contributed by atoms with Crippen LogP contribution in [0.3, 0.4) is 0 Å². The van der Waals surface area contributed by atoms with Crippen molar-refractivity contribution in [1.82, 2.24) is 0 Å². The molecule has 2 aromatic carbocycles. The van der Waals surface area contributed by atoms with Crippen LogP contribution in [-0.2, 0) is 0 Å². The molecular formula is C16H17BrN2S. The van der Waals surface area contributed by atoms with Gasteiger partial charge in [-0.15, -0.1) is 0 Å². The zero-order valence-electron chi connectivity index (χ0n) is 11.4. The van der Waals surface area contributed by atoms with Crippen LogP contribution in [-0.4, -0.2) is 17.0 Å². The van der Waals surface area contributed by atoms with E-state index in [0.29, 0.717) is 5.25 Å². The lowest BCUT2D eigenvalue weighted by Gasteiger charge is -2.11. The van der Waals surface area contributed by atoms with Crippen LogP contribution in [0.15, 0.2) is 45.9 Å². The third kappa shape index (κ3) is 2.86. The van der Waals surface area contributed by atoms with E-state index in [4.69, 9.17) is 0 Å². The molecule has 2 nitrogen and oxygen atoms in total. The third-order valence-corrected chi connectivity index (χ3v) is 5.30. The third-order valence-electron chi connectivity index (χ3n) is 3.44. The van der Waals surface area contributed by atoms with Crippen LogP contribution in [0.25, 0.3) is 10.8 Å². The summed E-state index contributed by atoms with van der Waals surface area (Å²) in [5.41, 5.74) is 1.13. The highest BCUT2D eigenvalue weighted by molar-refractivity contribution is 9.10. The predicted octanol–water partition coefficient (Wildman–Crippen LogP) is 5.29. The van der Waals surface area contributed by atoms with Crippen LogP contribution in [0.5, 0.6) is 0 Å². The molecule has 4 heteroatoms. The zero-order valence-corrected chi connectivity index (χ0v) is 13.8. The highest BCUT2D eigenvalue weighted by Gasteiger charge is 2.19. The van der Waals surface area contributed by atoms with Gasteiger partial charge in [0, 0.05) is 20.8 Å². The van der Waals surface area contributed by atoms with Gasteiger partial charge in [0.1, 0.15) is 0 Å². The summed E-state index contributed by atoms with van der Waals surface area (Å²) in [7, 11) is 0. The summed E-state index contributed by atoms with van der Waals surface area (Å²) < 4.78 is 1.13. The van der Waals surface area contributed by atoms with E-state index in [1.807, 2.05) is 11.8 Å². The van der Waals surface area contributed by atoms with Gasteiger partial charge in [0.05, 0.1) is 6.54 Å². The van der Waals surface area contributed by atoms with Gasteiger partial charge < -0.3 is 5.32 Å². The monoisotopic (exact) mass is 348 g/mol. The van der Waals surface area contributed by atoms with E-state index in [0.717, 1.165) is 21.9 Å². The summed E-state index contributed by atoms with van der Waals surface area (Å²) in [5.74, 6) is 0. The van der Waals surface area contributed by atoms with Crippen molar-refractivity contribution in [3.63, 3.8) is 0 Å². The van der Waals surface area contributed by atoms with Crippen molar-refractivity contribution in [3.8, 4) is 0 Å². The fraction of sp³-hybridized carbons (Fsp3) is 0.312. The first kappa shape index (κ1) is 14.0. The lowest BCUT2D eigenvalue weighted by atomic mass is 10.1. The van der Waals surface area contributed by atoms with Gasteiger partial charge in [0.15, 0.2) is 5.17 Å². The zero-order chi connectivity index (χ0) is 13.9. The van der Waals surface area contributed by atoms with Gasteiger partial charge in [0.2, 0.25) is 0 Å². The Bertz CT molecular complexity index is 654. The Labute approximate surface area is 132 Å². The van der Waals surface area contributed by atoms with E-state index in [1.54, 1.807) is 0 Å². The largest absolute Gasteiger partial charge is 0.334 e. The Hall–Kier alpha value is -1.00. The number of hydrogen-bond donors (Lipinski definition) is 1. The van der Waals surface area contributed by atoms with Crippen molar-refractivity contribution in [2.24, 2.45) is 4.99 Å². The molecule has 1 heterocycles. The first-order valence-electron chi connectivity index (χ1n) is 6.93. The van der Waals surface area contributed by atoms with Crippen molar-refractivity contribution in [2.75, 3.05) is 11.9 Å². The molecule has 1 N–H and O–H groups in total. The molecular weight excluding hydrogens is 332 g/mol. The Morgan fingerprint density at radius 1 is 1.25 bits per heavy atom. The van der Waals surface area contributed by atoms with E-state index in [-0.39, 0.29) is 0 Å². The normalized spacial score (nSPS) is 18.3. The van der Waals surface area contributed by atoms with Crippen molar-refractivity contribution in [1.29, 1.82) is 0 Å². The van der Waals surface area contributed by atoms with Crippen molar-refractivity contribution >= 4 is 49.3 Å². The minimum absolute atomic E-state index is 0.643. The molecule has 20 heavy (non-hydrogen) atoms. The van der Waals surface area contributed by atoms with Crippen molar-refractivity contribution < 1.29 is 0 Å². The van der Waals surface area contributed by atoms with Crippen molar-refractivity contribution in [3.05, 3.63) is 40.9 Å². The van der Waals surface area contributed by atoms with Crippen LogP contribution >= 0.6 is 27.7 Å². The average Bonchev–Trinajstić information content (AvgIpc) is 2.90. The number of benzene rings is 2. The minimum Gasteiger partial charge on any atom is -0.334 e. The second-order valence-electron chi connectivity index (χ2n) is 4.94. The Morgan fingerprint density at radius 2 is 2.05 bits per heavy atom. The van der Waals surface area contributed by atoms with Gasteiger partial charge in [-0.1, -0.05) is 65.3 Å². The summed E-state index contributed by atoms with van der Waals surface area (Å²) >= 11 is 5.48. The van der Waals surface area contributed by atoms with E-state index in [1.165, 1.54) is 23.6 Å². The van der Waals surface area contributed by atoms with Gasteiger partial charge in [-0.25, -0.2) is 0 Å². The number of anilines is 1. The molecule has 104 valence electrons. The van der Waals surface area contributed by atoms with E-state index >= 15 is 0 Å². The first-order valence-corrected chi connectivity index (χ1v) is 8.60. The minimum atomic E-state index is 0.643. The molecule has 0 bridgehead atoms. The topological polar surface area (TPSA) is 24.4 Å². The predicted molar refractivity (Wildman–Crippen MR) is 93.9 cm³/mol. The van der Waals surface area contributed by atoms with E-state index in [9.17, 15) is 0 Å². The Kier molecular flexibility index (Phi) is 4.32. The Balaban J connectivity index is 1.84. The van der Waals surface area contributed by atoms with Crippen molar-refractivity contribution in [2.45, 2.75) is 25.0 Å². The fourth-order valence-corrected chi connectivity index (χ4v) is 4.06. The fourth-order valence-electron chi connectivity index (χ4n) is 2.44. The van der Waals surface area contributed by atoms with Crippen LogP contribution < -0.4 is 5.32 Å². The molecule has 1 atom stereocenters. The number of rotatable bonds is 3. The number of hydrogen-bond acceptors (Lipinski definition) is 3. The molecule has 0 fully saturated rings. The molecule has 0 amide bonds. The second-order valence-corrected chi connectivity index (χ2v) is 7.08. The summed E-state index contributed by atoms with van der Waals surface area (Å²) in [6.45, 7) is 3.17. The van der Waals surface area contributed by atoms with E-state index in [2.05, 4.69) is 69.6 Å². The smallest absolute Gasteiger partial charge is 0.161 e. The lowest BCUT2D eigenvalue weighted by Crippen LogP contribution is -2.07. The van der Waals surface area contributed by atoms with Crippen LogP contribution in [0.2, 0.25) is 0 Å². The van der Waals surface area contributed by atoms with Gasteiger partial charge >= 0.3 is 0 Å². The van der Waals surface area contributed by atoms with Crippen LogP contribution in [0, 0.1) is 0 Å². The standard InChI is InChI=1S/C16H17BrN2S/c1-2-5-11-10-18-16(20-11)19-15-9-8-14(17)12-6-3-4-7-13(12)15/h3-4,6-9,11H,2,5,10H2,1H3,(H,18,19). The quantitative estimate of drug-likeness (QED) is 0.815. The number of nitrogens with one attached hydrogen (secondary N) is 1. The first-order chi connectivity index (χ1) is 9.78. The molecule has 0 aliphatic carbocycles. The molecule has 1 aliphatic rings. The molecule has 0 aromatic heterocycles. The Morgan fingerprint density at radius 3 is 2.85 bits per heavy atom. The maximum atomic E-state index is 4.62.